The second-order valence-corrected chi connectivity index (χ2v) is 11.5. The highest BCUT2D eigenvalue weighted by molar-refractivity contribution is 5.69. The molecule has 0 amide bonds. The molecule has 3 nitrogen and oxygen atoms in total. The summed E-state index contributed by atoms with van der Waals surface area (Å²) in [6.07, 6.45) is 31.1. The minimum Gasteiger partial charge on any atom is -0.466 e. The van der Waals surface area contributed by atoms with Crippen LogP contribution in [0.3, 0.4) is 0 Å². The molecule has 0 aromatic rings. The lowest BCUT2D eigenvalue weighted by Gasteiger charge is -2.18. The molecular weight excluding hydrogens is 444 g/mol. The lowest BCUT2D eigenvalue weighted by Crippen LogP contribution is -2.14. The summed E-state index contributed by atoms with van der Waals surface area (Å²) in [7, 11) is 0. The third kappa shape index (κ3) is 26.5. The zero-order chi connectivity index (χ0) is 26.5. The lowest BCUT2D eigenvalue weighted by molar-refractivity contribution is -0.145. The molecule has 0 heterocycles. The Hall–Kier alpha value is -0.570. The largest absolute Gasteiger partial charge is 0.466 e. The molecule has 3 heteroatoms. The van der Waals surface area contributed by atoms with Gasteiger partial charge in [0.15, 0.2) is 0 Å². The highest BCUT2D eigenvalue weighted by Crippen LogP contribution is 2.23. The Morgan fingerprint density at radius 3 is 1.44 bits per heavy atom. The fraction of sp³-hybridized carbons (Fsp3) is 0.970. The predicted molar refractivity (Wildman–Crippen MR) is 158 cm³/mol. The van der Waals surface area contributed by atoms with E-state index in [0.29, 0.717) is 18.9 Å². The van der Waals surface area contributed by atoms with Gasteiger partial charge in [0.1, 0.15) is 0 Å². The van der Waals surface area contributed by atoms with Crippen LogP contribution in [0.1, 0.15) is 188 Å². The molecule has 216 valence electrons. The Labute approximate surface area is 226 Å². The maximum absolute atomic E-state index is 12.5. The molecular formula is C33H66O3. The SMILES string of the molecule is CCCCCCCCCCCOC(=O)CC(CCCCCCCC)CCCC(O)CCCCCCC. The zero-order valence-corrected chi connectivity index (χ0v) is 25.0. The van der Waals surface area contributed by atoms with Crippen molar-refractivity contribution in [2.75, 3.05) is 6.61 Å². The van der Waals surface area contributed by atoms with Crippen LogP contribution >= 0.6 is 0 Å². The van der Waals surface area contributed by atoms with Crippen molar-refractivity contribution in [2.45, 2.75) is 194 Å². The molecule has 1 N–H and O–H groups in total. The first-order chi connectivity index (χ1) is 17.6. The van der Waals surface area contributed by atoms with Crippen molar-refractivity contribution in [1.82, 2.24) is 0 Å². The normalized spacial score (nSPS) is 13.1. The van der Waals surface area contributed by atoms with E-state index >= 15 is 0 Å². The molecule has 36 heavy (non-hydrogen) atoms. The van der Waals surface area contributed by atoms with Crippen LogP contribution < -0.4 is 0 Å². The average molecular weight is 511 g/mol. The third-order valence-electron chi connectivity index (χ3n) is 7.72. The van der Waals surface area contributed by atoms with Crippen molar-refractivity contribution in [1.29, 1.82) is 0 Å². The average Bonchev–Trinajstić information content (AvgIpc) is 2.87. The Morgan fingerprint density at radius 2 is 0.917 bits per heavy atom. The minimum absolute atomic E-state index is 0.00187. The molecule has 0 rings (SSSR count). The van der Waals surface area contributed by atoms with E-state index in [1.165, 1.54) is 116 Å². The van der Waals surface area contributed by atoms with Crippen molar-refractivity contribution >= 4 is 5.97 Å². The summed E-state index contributed by atoms with van der Waals surface area (Å²) < 4.78 is 5.62. The highest BCUT2D eigenvalue weighted by Gasteiger charge is 2.16. The predicted octanol–water partition coefficient (Wildman–Crippen LogP) is 10.7. The molecule has 0 aliphatic rings. The molecule has 0 aliphatic carbocycles. The maximum Gasteiger partial charge on any atom is 0.306 e. The number of esters is 1. The molecule has 0 aromatic carbocycles. The van der Waals surface area contributed by atoms with E-state index < -0.39 is 0 Å². The van der Waals surface area contributed by atoms with E-state index in [4.69, 9.17) is 4.74 Å². The van der Waals surface area contributed by atoms with Crippen LogP contribution in [0.5, 0.6) is 0 Å². The molecule has 0 fully saturated rings. The van der Waals surface area contributed by atoms with Crippen molar-refractivity contribution in [3.05, 3.63) is 0 Å². The Bertz CT molecular complexity index is 437. The number of rotatable bonds is 29. The zero-order valence-electron chi connectivity index (χ0n) is 25.0. The number of aliphatic hydroxyl groups excluding tert-OH is 1. The van der Waals surface area contributed by atoms with E-state index in [1.807, 2.05) is 0 Å². The van der Waals surface area contributed by atoms with Crippen molar-refractivity contribution in [3.8, 4) is 0 Å². The molecule has 0 bridgehead atoms. The van der Waals surface area contributed by atoms with E-state index in [-0.39, 0.29) is 12.1 Å². The molecule has 0 spiro atoms. The highest BCUT2D eigenvalue weighted by atomic mass is 16.5. The summed E-state index contributed by atoms with van der Waals surface area (Å²) in [4.78, 5) is 12.5. The van der Waals surface area contributed by atoms with Gasteiger partial charge in [0.25, 0.3) is 0 Å². The number of unbranched alkanes of at least 4 members (excludes halogenated alkanes) is 17. The Morgan fingerprint density at radius 1 is 0.528 bits per heavy atom. The van der Waals surface area contributed by atoms with Gasteiger partial charge >= 0.3 is 5.97 Å². The molecule has 0 saturated carbocycles. The fourth-order valence-corrected chi connectivity index (χ4v) is 5.23. The van der Waals surface area contributed by atoms with Crippen LogP contribution in [0.2, 0.25) is 0 Å². The van der Waals surface area contributed by atoms with Gasteiger partial charge in [-0.25, -0.2) is 0 Å². The number of hydrogen-bond donors (Lipinski definition) is 1. The van der Waals surface area contributed by atoms with Gasteiger partial charge in [0, 0.05) is 6.42 Å². The van der Waals surface area contributed by atoms with E-state index in [9.17, 15) is 9.90 Å². The van der Waals surface area contributed by atoms with Crippen LogP contribution in [0, 0.1) is 5.92 Å². The summed E-state index contributed by atoms with van der Waals surface area (Å²) in [6, 6.07) is 0. The Balaban J connectivity index is 4.08. The third-order valence-corrected chi connectivity index (χ3v) is 7.72. The molecule has 0 saturated heterocycles. The minimum atomic E-state index is -0.167. The quantitative estimate of drug-likeness (QED) is 0.0803. The second kappa shape index (κ2) is 29.0. The fourth-order valence-electron chi connectivity index (χ4n) is 5.23. The van der Waals surface area contributed by atoms with Gasteiger partial charge in [-0.3, -0.25) is 4.79 Å². The van der Waals surface area contributed by atoms with Crippen LogP contribution in [0.4, 0.5) is 0 Å². The molecule has 0 aromatic heterocycles. The summed E-state index contributed by atoms with van der Waals surface area (Å²) in [5.74, 6) is 0.422. The first-order valence-corrected chi connectivity index (χ1v) is 16.5. The van der Waals surface area contributed by atoms with Crippen LogP contribution in [-0.4, -0.2) is 23.8 Å². The molecule has 0 radical (unpaired) electrons. The summed E-state index contributed by atoms with van der Waals surface area (Å²) >= 11 is 0. The number of hydrogen-bond acceptors (Lipinski definition) is 3. The summed E-state index contributed by atoms with van der Waals surface area (Å²) in [5.41, 5.74) is 0. The van der Waals surface area contributed by atoms with Gasteiger partial charge in [0.05, 0.1) is 12.7 Å². The monoisotopic (exact) mass is 511 g/mol. The Kier molecular flexibility index (Phi) is 28.5. The standard InChI is InChI=1S/C33H66O3/c1-4-7-10-13-15-16-17-20-23-29-36-33(35)30-31(25-21-19-14-11-8-5-2)26-24-28-32(34)27-22-18-12-9-6-3/h31-32,34H,4-30H2,1-3H3. The molecule has 2 atom stereocenters. The summed E-state index contributed by atoms with van der Waals surface area (Å²) in [6.45, 7) is 7.36. The van der Waals surface area contributed by atoms with Gasteiger partial charge in [-0.05, 0) is 38.0 Å². The first kappa shape index (κ1) is 35.4. The molecule has 2 unspecified atom stereocenters. The summed E-state index contributed by atoms with van der Waals surface area (Å²) in [5, 5.41) is 10.4. The first-order valence-electron chi connectivity index (χ1n) is 16.5. The number of ether oxygens (including phenoxy) is 1. The van der Waals surface area contributed by atoms with Crippen molar-refractivity contribution < 1.29 is 14.6 Å². The van der Waals surface area contributed by atoms with E-state index in [0.717, 1.165) is 44.9 Å². The van der Waals surface area contributed by atoms with E-state index in [2.05, 4.69) is 20.8 Å². The van der Waals surface area contributed by atoms with Crippen LogP contribution in [0.25, 0.3) is 0 Å². The topological polar surface area (TPSA) is 46.5 Å². The van der Waals surface area contributed by atoms with Gasteiger partial charge in [0.2, 0.25) is 0 Å². The van der Waals surface area contributed by atoms with E-state index in [1.54, 1.807) is 0 Å². The van der Waals surface area contributed by atoms with Crippen molar-refractivity contribution in [2.24, 2.45) is 5.92 Å². The maximum atomic E-state index is 12.5. The number of carbonyl (C=O) groups is 1. The smallest absolute Gasteiger partial charge is 0.306 e. The van der Waals surface area contributed by atoms with Gasteiger partial charge < -0.3 is 9.84 Å². The lowest BCUT2D eigenvalue weighted by atomic mass is 9.91. The van der Waals surface area contributed by atoms with Crippen molar-refractivity contribution in [3.63, 3.8) is 0 Å². The van der Waals surface area contributed by atoms with Gasteiger partial charge in [-0.2, -0.15) is 0 Å². The number of aliphatic hydroxyl groups is 1. The van der Waals surface area contributed by atoms with Gasteiger partial charge in [-0.1, -0.05) is 149 Å². The number of carbonyl (C=O) groups excluding carboxylic acids is 1. The van der Waals surface area contributed by atoms with Gasteiger partial charge in [-0.15, -0.1) is 0 Å². The van der Waals surface area contributed by atoms with Crippen LogP contribution in [0.15, 0.2) is 0 Å². The molecule has 0 aliphatic heterocycles. The second-order valence-electron chi connectivity index (χ2n) is 11.5. The van der Waals surface area contributed by atoms with Crippen LogP contribution in [-0.2, 0) is 9.53 Å².